The summed E-state index contributed by atoms with van der Waals surface area (Å²) in [4.78, 5) is 23.8. The van der Waals surface area contributed by atoms with Gasteiger partial charge in [-0.1, -0.05) is 122 Å². The molecule has 2 aromatic rings. The Balaban J connectivity index is 2.17. The Labute approximate surface area is 278 Å². The van der Waals surface area contributed by atoms with E-state index in [-0.39, 0.29) is 6.61 Å². The van der Waals surface area contributed by atoms with Crippen molar-refractivity contribution in [2.24, 2.45) is 0 Å². The third kappa shape index (κ3) is 16.7. The Bertz CT molecular complexity index is 1200. The second-order valence-electron chi connectivity index (χ2n) is 11.9. The van der Waals surface area contributed by atoms with Crippen molar-refractivity contribution in [2.45, 2.75) is 124 Å². The lowest BCUT2D eigenvalue weighted by Crippen LogP contribution is -2.04. The van der Waals surface area contributed by atoms with Crippen LogP contribution in [0.5, 0.6) is 11.5 Å². The number of hydrogen-bond acceptors (Lipinski definition) is 5. The van der Waals surface area contributed by atoms with E-state index in [0.717, 1.165) is 43.1 Å². The molecular formula is C40H58O6. The van der Waals surface area contributed by atoms with E-state index in [9.17, 15) is 14.7 Å². The highest BCUT2D eigenvalue weighted by Gasteiger charge is 2.11. The number of benzene rings is 2. The standard InChI is InChI=1S/C40H58O6/c1-4-7-9-11-13-15-17-19-28-45-37-26-24-33(31-38(37)46-29-20-18-16-14-12-10-8-5-2)30-35(25-27-39(41)42)34-22-21-23-36(32-34)40(43)44-6-3/h21-27,30-32H,4-20,28-29H2,1-3H3,(H,41,42)/b27-25-,35-30-. The fraction of sp³-hybridized carbons (Fsp3) is 0.550. The van der Waals surface area contributed by atoms with Crippen LogP contribution in [0.1, 0.15) is 145 Å². The maximum Gasteiger partial charge on any atom is 0.338 e. The zero-order chi connectivity index (χ0) is 33.2. The summed E-state index contributed by atoms with van der Waals surface area (Å²) in [6, 6.07) is 12.9. The number of hydrogen-bond donors (Lipinski definition) is 1. The summed E-state index contributed by atoms with van der Waals surface area (Å²) < 4.78 is 17.7. The Hall–Kier alpha value is -3.54. The smallest absolute Gasteiger partial charge is 0.338 e. The quantitative estimate of drug-likeness (QED) is 0.0364. The molecule has 0 radical (unpaired) electrons. The highest BCUT2D eigenvalue weighted by atomic mass is 16.5. The molecule has 0 aliphatic heterocycles. The molecule has 0 spiro atoms. The molecular weight excluding hydrogens is 576 g/mol. The summed E-state index contributed by atoms with van der Waals surface area (Å²) in [5.74, 6) is -0.0446. The number of rotatable bonds is 26. The second kappa shape index (κ2) is 24.7. The first-order chi connectivity index (χ1) is 22.5. The Kier molecular flexibility index (Phi) is 20.7. The van der Waals surface area contributed by atoms with Crippen LogP contribution in [0.4, 0.5) is 0 Å². The molecule has 0 fully saturated rings. The number of esters is 1. The number of ether oxygens (including phenoxy) is 3. The van der Waals surface area contributed by atoms with Gasteiger partial charge in [0.2, 0.25) is 0 Å². The van der Waals surface area contributed by atoms with E-state index < -0.39 is 11.9 Å². The van der Waals surface area contributed by atoms with E-state index in [1.165, 1.54) is 77.0 Å². The van der Waals surface area contributed by atoms with Gasteiger partial charge in [-0.15, -0.1) is 0 Å². The van der Waals surface area contributed by atoms with Gasteiger partial charge in [-0.05, 0) is 72.9 Å². The van der Waals surface area contributed by atoms with Crippen molar-refractivity contribution in [2.75, 3.05) is 19.8 Å². The van der Waals surface area contributed by atoms with Gasteiger partial charge in [0.05, 0.1) is 25.4 Å². The van der Waals surface area contributed by atoms with Crippen LogP contribution in [-0.4, -0.2) is 36.9 Å². The molecule has 0 aromatic heterocycles. The molecule has 0 unspecified atom stereocenters. The average molecular weight is 635 g/mol. The lowest BCUT2D eigenvalue weighted by Gasteiger charge is -2.14. The topological polar surface area (TPSA) is 82.1 Å². The van der Waals surface area contributed by atoms with Gasteiger partial charge in [0.15, 0.2) is 11.5 Å². The molecule has 1 N–H and O–H groups in total. The van der Waals surface area contributed by atoms with Crippen molar-refractivity contribution >= 4 is 23.6 Å². The average Bonchev–Trinajstić information content (AvgIpc) is 3.06. The second-order valence-corrected chi connectivity index (χ2v) is 11.9. The zero-order valence-corrected chi connectivity index (χ0v) is 28.7. The van der Waals surface area contributed by atoms with Crippen LogP contribution in [0.2, 0.25) is 0 Å². The molecule has 254 valence electrons. The van der Waals surface area contributed by atoms with E-state index >= 15 is 0 Å². The predicted octanol–water partition coefficient (Wildman–Crippen LogP) is 11.1. The van der Waals surface area contributed by atoms with E-state index in [1.807, 2.05) is 30.3 Å². The van der Waals surface area contributed by atoms with Crippen molar-refractivity contribution in [1.29, 1.82) is 0 Å². The molecule has 0 saturated heterocycles. The van der Waals surface area contributed by atoms with Gasteiger partial charge < -0.3 is 19.3 Å². The molecule has 6 heteroatoms. The monoisotopic (exact) mass is 634 g/mol. The van der Waals surface area contributed by atoms with Crippen LogP contribution in [0.25, 0.3) is 11.6 Å². The molecule has 0 saturated carbocycles. The molecule has 0 amide bonds. The van der Waals surface area contributed by atoms with Gasteiger partial charge in [-0.25, -0.2) is 9.59 Å². The van der Waals surface area contributed by atoms with Crippen LogP contribution in [0, 0.1) is 0 Å². The van der Waals surface area contributed by atoms with Gasteiger partial charge in [0.25, 0.3) is 0 Å². The van der Waals surface area contributed by atoms with Gasteiger partial charge in [-0.2, -0.15) is 0 Å². The van der Waals surface area contributed by atoms with Gasteiger partial charge in [0, 0.05) is 6.08 Å². The third-order valence-corrected chi connectivity index (χ3v) is 7.91. The number of carboxylic acid groups (broad SMARTS) is 1. The maximum absolute atomic E-state index is 12.4. The van der Waals surface area contributed by atoms with Gasteiger partial charge >= 0.3 is 11.9 Å². The van der Waals surface area contributed by atoms with E-state index in [4.69, 9.17) is 14.2 Å². The Morgan fingerprint density at radius 3 is 1.74 bits per heavy atom. The first kappa shape index (κ1) is 38.6. The van der Waals surface area contributed by atoms with Crippen LogP contribution < -0.4 is 9.47 Å². The number of allylic oxidation sites excluding steroid dienone is 2. The summed E-state index contributed by atoms with van der Waals surface area (Å²) in [5.41, 5.74) is 2.61. The summed E-state index contributed by atoms with van der Waals surface area (Å²) in [6.07, 6.45) is 24.3. The fourth-order valence-corrected chi connectivity index (χ4v) is 5.29. The summed E-state index contributed by atoms with van der Waals surface area (Å²) in [7, 11) is 0. The fourth-order valence-electron chi connectivity index (χ4n) is 5.29. The summed E-state index contributed by atoms with van der Waals surface area (Å²) in [6.45, 7) is 7.79. The lowest BCUT2D eigenvalue weighted by molar-refractivity contribution is -0.131. The molecule has 46 heavy (non-hydrogen) atoms. The van der Waals surface area contributed by atoms with Gasteiger partial charge in [0.1, 0.15) is 0 Å². The zero-order valence-electron chi connectivity index (χ0n) is 28.7. The number of carboxylic acids is 1. The molecule has 2 rings (SSSR count). The van der Waals surface area contributed by atoms with Gasteiger partial charge in [-0.3, -0.25) is 0 Å². The maximum atomic E-state index is 12.4. The number of aliphatic carboxylic acids is 1. The minimum Gasteiger partial charge on any atom is -0.490 e. The van der Waals surface area contributed by atoms with Crippen molar-refractivity contribution in [3.8, 4) is 11.5 Å². The molecule has 0 atom stereocenters. The van der Waals surface area contributed by atoms with Crippen LogP contribution in [0.3, 0.4) is 0 Å². The largest absolute Gasteiger partial charge is 0.490 e. The highest BCUT2D eigenvalue weighted by molar-refractivity contribution is 5.95. The van der Waals surface area contributed by atoms with E-state index in [2.05, 4.69) is 13.8 Å². The number of carbonyl (C=O) groups excluding carboxylic acids is 1. The molecule has 2 aromatic carbocycles. The number of carbonyl (C=O) groups is 2. The molecule has 0 bridgehead atoms. The van der Waals surface area contributed by atoms with E-state index in [1.54, 1.807) is 31.2 Å². The first-order valence-electron chi connectivity index (χ1n) is 17.8. The van der Waals surface area contributed by atoms with Crippen LogP contribution >= 0.6 is 0 Å². The minimum atomic E-state index is -1.05. The summed E-state index contributed by atoms with van der Waals surface area (Å²) in [5, 5.41) is 9.34. The first-order valence-corrected chi connectivity index (χ1v) is 17.8. The molecule has 0 aliphatic carbocycles. The predicted molar refractivity (Wildman–Crippen MR) is 190 cm³/mol. The van der Waals surface area contributed by atoms with Crippen LogP contribution in [-0.2, 0) is 9.53 Å². The van der Waals surface area contributed by atoms with Crippen LogP contribution in [0.15, 0.2) is 54.6 Å². The molecule has 6 nitrogen and oxygen atoms in total. The Morgan fingerprint density at radius 2 is 1.17 bits per heavy atom. The normalized spacial score (nSPS) is 11.6. The van der Waals surface area contributed by atoms with Crippen molar-refractivity contribution < 1.29 is 28.9 Å². The SMILES string of the molecule is CCCCCCCCCCOc1ccc(/C=C(/C=C\C(=O)O)c2cccc(C(=O)OCC)c2)cc1OCCCCCCCCCC. The van der Waals surface area contributed by atoms with Crippen molar-refractivity contribution in [1.82, 2.24) is 0 Å². The highest BCUT2D eigenvalue weighted by Crippen LogP contribution is 2.31. The van der Waals surface area contributed by atoms with Crippen molar-refractivity contribution in [3.05, 3.63) is 71.3 Å². The minimum absolute atomic E-state index is 0.278. The molecule has 0 heterocycles. The third-order valence-electron chi connectivity index (χ3n) is 7.91. The van der Waals surface area contributed by atoms with Crippen molar-refractivity contribution in [3.63, 3.8) is 0 Å². The summed E-state index contributed by atoms with van der Waals surface area (Å²) >= 11 is 0. The number of unbranched alkanes of at least 4 members (excludes halogenated alkanes) is 14. The lowest BCUT2D eigenvalue weighted by atomic mass is 10.00. The Morgan fingerprint density at radius 1 is 0.630 bits per heavy atom. The molecule has 0 aliphatic rings. The van der Waals surface area contributed by atoms with E-state index in [0.29, 0.717) is 35.7 Å².